The summed E-state index contributed by atoms with van der Waals surface area (Å²) >= 11 is 3.16. The van der Waals surface area contributed by atoms with E-state index in [1.807, 2.05) is 0 Å². The maximum absolute atomic E-state index is 12.8. The molecule has 0 heterocycles. The molecule has 1 aromatic rings. The number of hydrogen-bond donors (Lipinski definition) is 0. The summed E-state index contributed by atoms with van der Waals surface area (Å²) in [5.74, 6) is -0.572. The summed E-state index contributed by atoms with van der Waals surface area (Å²) in [6.07, 6.45) is -4.58. The lowest BCUT2D eigenvalue weighted by molar-refractivity contribution is -0.137. The first kappa shape index (κ1) is 15.7. The third-order valence-electron chi connectivity index (χ3n) is 2.82. The van der Waals surface area contributed by atoms with Crippen LogP contribution in [0.4, 0.5) is 13.2 Å². The topological polar surface area (TPSA) is 40.9 Å². The molecule has 0 saturated carbocycles. The SMILES string of the molecule is CC(=O)C(Br)C(C)c1ccc(C#N)c(C(F)(F)F)c1. The monoisotopic (exact) mass is 333 g/mol. The van der Waals surface area contributed by atoms with Crippen LogP contribution < -0.4 is 0 Å². The largest absolute Gasteiger partial charge is 0.417 e. The molecule has 0 amide bonds. The van der Waals surface area contributed by atoms with Gasteiger partial charge in [-0.25, -0.2) is 0 Å². The first-order valence-electron chi connectivity index (χ1n) is 5.44. The molecule has 0 aliphatic heterocycles. The molecule has 2 unspecified atom stereocenters. The fourth-order valence-corrected chi connectivity index (χ4v) is 2.00. The van der Waals surface area contributed by atoms with Gasteiger partial charge in [0.05, 0.1) is 22.0 Å². The summed E-state index contributed by atoms with van der Waals surface area (Å²) in [7, 11) is 0. The number of carbonyl (C=O) groups excluding carboxylic acids is 1. The van der Waals surface area contributed by atoms with Gasteiger partial charge in [0.15, 0.2) is 0 Å². The second-order valence-corrected chi connectivity index (χ2v) is 5.20. The summed E-state index contributed by atoms with van der Waals surface area (Å²) in [5.41, 5.74) is -1.02. The quantitative estimate of drug-likeness (QED) is 0.783. The molecule has 0 aromatic heterocycles. The molecular formula is C13H11BrF3NO. The van der Waals surface area contributed by atoms with Crippen molar-refractivity contribution >= 4 is 21.7 Å². The van der Waals surface area contributed by atoms with E-state index >= 15 is 0 Å². The zero-order valence-electron chi connectivity index (χ0n) is 10.3. The molecule has 6 heteroatoms. The van der Waals surface area contributed by atoms with Crippen LogP contribution in [0.5, 0.6) is 0 Å². The summed E-state index contributed by atoms with van der Waals surface area (Å²) in [6, 6.07) is 5.03. The molecule has 1 aromatic carbocycles. The van der Waals surface area contributed by atoms with Crippen LogP contribution >= 0.6 is 15.9 Å². The average Bonchev–Trinajstić information content (AvgIpc) is 2.35. The number of carbonyl (C=O) groups is 1. The Kier molecular flexibility index (Phi) is 4.75. The molecule has 19 heavy (non-hydrogen) atoms. The molecular weight excluding hydrogens is 323 g/mol. The minimum atomic E-state index is -4.58. The molecule has 0 radical (unpaired) electrons. The van der Waals surface area contributed by atoms with Crippen LogP contribution in [-0.2, 0) is 11.0 Å². The minimum Gasteiger partial charge on any atom is -0.299 e. The summed E-state index contributed by atoms with van der Waals surface area (Å²) in [4.78, 5) is 10.7. The molecule has 0 fully saturated rings. The number of nitrogens with zero attached hydrogens (tertiary/aromatic N) is 1. The first-order valence-corrected chi connectivity index (χ1v) is 6.35. The molecule has 2 atom stereocenters. The number of Topliss-reactive ketones (excluding diaryl/α,β-unsaturated/α-hetero) is 1. The number of rotatable bonds is 3. The Bertz CT molecular complexity index is 534. The Morgan fingerprint density at radius 3 is 2.42 bits per heavy atom. The van der Waals surface area contributed by atoms with Gasteiger partial charge in [-0.3, -0.25) is 4.79 Å². The van der Waals surface area contributed by atoms with Crippen molar-refractivity contribution < 1.29 is 18.0 Å². The number of hydrogen-bond acceptors (Lipinski definition) is 2. The van der Waals surface area contributed by atoms with Gasteiger partial charge in [-0.15, -0.1) is 0 Å². The van der Waals surface area contributed by atoms with Crippen LogP contribution in [0.2, 0.25) is 0 Å². The van der Waals surface area contributed by atoms with Gasteiger partial charge >= 0.3 is 6.18 Å². The lowest BCUT2D eigenvalue weighted by atomic mass is 9.92. The Hall–Kier alpha value is -1.35. The summed E-state index contributed by atoms with van der Waals surface area (Å²) in [5, 5.41) is 8.70. The maximum Gasteiger partial charge on any atom is 0.417 e. The van der Waals surface area contributed by atoms with E-state index in [1.165, 1.54) is 19.1 Å². The predicted molar refractivity (Wildman–Crippen MR) is 68.0 cm³/mol. The fourth-order valence-electron chi connectivity index (χ4n) is 1.70. The fraction of sp³-hybridized carbons (Fsp3) is 0.385. The highest BCUT2D eigenvalue weighted by Gasteiger charge is 2.34. The van der Waals surface area contributed by atoms with E-state index in [9.17, 15) is 18.0 Å². The van der Waals surface area contributed by atoms with E-state index in [0.717, 1.165) is 12.1 Å². The smallest absolute Gasteiger partial charge is 0.299 e. The number of alkyl halides is 4. The Morgan fingerprint density at radius 1 is 1.42 bits per heavy atom. The van der Waals surface area contributed by atoms with Gasteiger partial charge in [-0.2, -0.15) is 18.4 Å². The van der Waals surface area contributed by atoms with Gasteiger partial charge in [0.25, 0.3) is 0 Å². The number of nitriles is 1. The normalized spacial score (nSPS) is 14.6. The van der Waals surface area contributed by atoms with Crippen molar-refractivity contribution in [1.29, 1.82) is 5.26 Å². The van der Waals surface area contributed by atoms with Crippen LogP contribution in [0.25, 0.3) is 0 Å². The van der Waals surface area contributed by atoms with Crippen molar-refractivity contribution in [2.24, 2.45) is 0 Å². The summed E-state index contributed by atoms with van der Waals surface area (Å²) in [6.45, 7) is 3.02. The van der Waals surface area contributed by atoms with Crippen LogP contribution in [0, 0.1) is 11.3 Å². The van der Waals surface area contributed by atoms with E-state index in [1.54, 1.807) is 6.92 Å². The molecule has 2 nitrogen and oxygen atoms in total. The molecule has 1 rings (SSSR count). The van der Waals surface area contributed by atoms with Gasteiger partial charge in [0, 0.05) is 5.92 Å². The van der Waals surface area contributed by atoms with Crippen molar-refractivity contribution in [3.05, 3.63) is 34.9 Å². The molecule has 0 bridgehead atoms. The van der Waals surface area contributed by atoms with Crippen molar-refractivity contribution in [2.75, 3.05) is 0 Å². The lowest BCUT2D eigenvalue weighted by Gasteiger charge is -2.18. The third kappa shape index (κ3) is 3.57. The highest BCUT2D eigenvalue weighted by molar-refractivity contribution is 9.10. The van der Waals surface area contributed by atoms with E-state index in [-0.39, 0.29) is 5.78 Å². The Balaban J connectivity index is 3.27. The predicted octanol–water partition coefficient (Wildman–Crippen LogP) is 4.03. The number of benzene rings is 1. The molecule has 0 N–H and O–H groups in total. The van der Waals surface area contributed by atoms with Crippen molar-refractivity contribution in [1.82, 2.24) is 0 Å². The van der Waals surface area contributed by atoms with Crippen LogP contribution in [0.3, 0.4) is 0 Å². The van der Waals surface area contributed by atoms with Crippen molar-refractivity contribution in [2.45, 2.75) is 30.8 Å². The second kappa shape index (κ2) is 5.74. The number of halogens is 4. The van der Waals surface area contributed by atoms with E-state index in [2.05, 4.69) is 15.9 Å². The molecule has 0 aliphatic carbocycles. The van der Waals surface area contributed by atoms with Gasteiger partial charge in [0.2, 0.25) is 0 Å². The van der Waals surface area contributed by atoms with E-state index in [0.29, 0.717) is 5.56 Å². The van der Waals surface area contributed by atoms with Crippen LogP contribution in [0.15, 0.2) is 18.2 Å². The van der Waals surface area contributed by atoms with Gasteiger partial charge < -0.3 is 0 Å². The molecule has 0 spiro atoms. The minimum absolute atomic E-state index is 0.162. The zero-order chi connectivity index (χ0) is 14.8. The second-order valence-electron chi connectivity index (χ2n) is 4.22. The first-order chi connectivity index (χ1) is 8.68. The Morgan fingerprint density at radius 2 is 2.00 bits per heavy atom. The van der Waals surface area contributed by atoms with Crippen LogP contribution in [0.1, 0.15) is 36.5 Å². The highest BCUT2D eigenvalue weighted by Crippen LogP contribution is 2.35. The van der Waals surface area contributed by atoms with Gasteiger partial charge in [-0.1, -0.05) is 28.9 Å². The van der Waals surface area contributed by atoms with Crippen LogP contribution in [-0.4, -0.2) is 10.6 Å². The maximum atomic E-state index is 12.8. The van der Waals surface area contributed by atoms with E-state index in [4.69, 9.17) is 5.26 Å². The molecule has 0 aliphatic rings. The third-order valence-corrected chi connectivity index (χ3v) is 4.26. The van der Waals surface area contributed by atoms with Gasteiger partial charge in [0.1, 0.15) is 5.78 Å². The van der Waals surface area contributed by atoms with Gasteiger partial charge in [-0.05, 0) is 24.6 Å². The van der Waals surface area contributed by atoms with Crippen molar-refractivity contribution in [3.63, 3.8) is 0 Å². The average molecular weight is 334 g/mol. The lowest BCUT2D eigenvalue weighted by Crippen LogP contribution is -2.18. The zero-order valence-corrected chi connectivity index (χ0v) is 11.8. The Labute approximate surface area is 117 Å². The highest BCUT2D eigenvalue weighted by atomic mass is 79.9. The van der Waals surface area contributed by atoms with E-state index < -0.39 is 28.0 Å². The summed E-state index contributed by atoms with van der Waals surface area (Å²) < 4.78 is 38.4. The molecule has 102 valence electrons. The number of ketones is 1. The standard InChI is InChI=1S/C13H11BrF3NO/c1-7(12(14)8(2)19)9-3-4-10(6-18)11(5-9)13(15,16)17/h3-5,7,12H,1-2H3. The van der Waals surface area contributed by atoms with Crippen molar-refractivity contribution in [3.8, 4) is 6.07 Å². The molecule has 0 saturated heterocycles.